The quantitative estimate of drug-likeness (QED) is 0.458. The van der Waals surface area contributed by atoms with Crippen LogP contribution in [0.5, 0.6) is 17.2 Å². The average molecular weight is 364 g/mol. The number of hydrazone groups is 1. The van der Waals surface area contributed by atoms with Crippen LogP contribution >= 0.6 is 23.3 Å². The molecule has 0 saturated carbocycles. The van der Waals surface area contributed by atoms with Crippen molar-refractivity contribution in [2.24, 2.45) is 5.10 Å². The predicted molar refractivity (Wildman–Crippen MR) is 95.9 cm³/mol. The van der Waals surface area contributed by atoms with E-state index in [1.165, 1.54) is 23.3 Å². The van der Waals surface area contributed by atoms with Crippen LogP contribution in [-0.4, -0.2) is 38.2 Å². The van der Waals surface area contributed by atoms with Gasteiger partial charge in [0, 0.05) is 5.56 Å². The number of nitrogens with zero attached hydrogens (tertiary/aromatic N) is 3. The maximum Gasteiger partial charge on any atom is 0.203 e. The topological polar surface area (TPSA) is 88.8 Å². The summed E-state index contributed by atoms with van der Waals surface area (Å²) >= 11 is 2.62. The minimum atomic E-state index is 0.495. The lowest BCUT2D eigenvalue weighted by molar-refractivity contribution is 0.324. The molecule has 0 aliphatic heterocycles. The Balaban J connectivity index is 2.24. The summed E-state index contributed by atoms with van der Waals surface area (Å²) in [5.41, 5.74) is 4.10. The van der Waals surface area contributed by atoms with Gasteiger partial charge >= 0.3 is 0 Å². The summed E-state index contributed by atoms with van der Waals surface area (Å²) in [6.45, 7) is 0. The zero-order valence-electron chi connectivity index (χ0n) is 13.6. The van der Waals surface area contributed by atoms with Crippen LogP contribution in [-0.2, 0) is 0 Å². The van der Waals surface area contributed by atoms with E-state index in [9.17, 15) is 5.26 Å². The molecule has 9 heteroatoms. The van der Waals surface area contributed by atoms with Crippen molar-refractivity contribution in [3.8, 4) is 23.3 Å². The van der Waals surface area contributed by atoms with Crippen molar-refractivity contribution in [1.82, 2.24) is 4.37 Å². The molecule has 2 aromatic rings. The monoisotopic (exact) mass is 364 g/mol. The number of ether oxygens (including phenoxy) is 3. The fourth-order valence-corrected chi connectivity index (χ4v) is 3.35. The second-order valence-corrected chi connectivity index (χ2v) is 5.90. The third-order valence-electron chi connectivity index (χ3n) is 3.03. The molecule has 126 valence electrons. The lowest BCUT2D eigenvalue weighted by Gasteiger charge is -2.12. The van der Waals surface area contributed by atoms with E-state index < -0.39 is 0 Å². The summed E-state index contributed by atoms with van der Waals surface area (Å²) in [4.78, 5) is 0. The Morgan fingerprint density at radius 1 is 1.25 bits per heavy atom. The van der Waals surface area contributed by atoms with Gasteiger partial charge < -0.3 is 14.2 Å². The number of thioether (sulfide) groups is 1. The number of benzene rings is 1. The minimum Gasteiger partial charge on any atom is -0.493 e. The van der Waals surface area contributed by atoms with Gasteiger partial charge in [-0.1, -0.05) is 0 Å². The Labute approximate surface area is 148 Å². The molecule has 0 aliphatic carbocycles. The van der Waals surface area contributed by atoms with Crippen LogP contribution in [0.25, 0.3) is 0 Å². The first kappa shape index (κ1) is 17.9. The van der Waals surface area contributed by atoms with Gasteiger partial charge in [0.15, 0.2) is 11.5 Å². The Morgan fingerprint density at radius 3 is 2.42 bits per heavy atom. The van der Waals surface area contributed by atoms with Crippen LogP contribution in [0.3, 0.4) is 0 Å². The van der Waals surface area contributed by atoms with E-state index in [1.54, 1.807) is 39.7 Å². The number of aromatic nitrogens is 1. The van der Waals surface area contributed by atoms with Crippen LogP contribution in [0.15, 0.2) is 22.3 Å². The molecule has 0 fully saturated rings. The molecule has 7 nitrogen and oxygen atoms in total. The van der Waals surface area contributed by atoms with Crippen molar-refractivity contribution < 1.29 is 14.2 Å². The first-order valence-corrected chi connectivity index (χ1v) is 8.71. The van der Waals surface area contributed by atoms with Gasteiger partial charge in [-0.25, -0.2) is 0 Å². The Kier molecular flexibility index (Phi) is 6.28. The van der Waals surface area contributed by atoms with Crippen LogP contribution in [0.4, 0.5) is 5.00 Å². The Hall–Kier alpha value is -2.44. The van der Waals surface area contributed by atoms with E-state index in [0.29, 0.717) is 32.8 Å². The molecule has 0 radical (unpaired) electrons. The van der Waals surface area contributed by atoms with Crippen molar-refractivity contribution in [2.45, 2.75) is 5.03 Å². The lowest BCUT2D eigenvalue weighted by Crippen LogP contribution is -1.97. The highest BCUT2D eigenvalue weighted by molar-refractivity contribution is 7.98. The fourth-order valence-electron chi connectivity index (χ4n) is 1.93. The van der Waals surface area contributed by atoms with Gasteiger partial charge in [0.25, 0.3) is 0 Å². The van der Waals surface area contributed by atoms with Crippen molar-refractivity contribution in [2.75, 3.05) is 33.0 Å². The molecule has 0 amide bonds. The zero-order valence-corrected chi connectivity index (χ0v) is 15.2. The predicted octanol–water partition coefficient (Wildman–Crippen LogP) is 3.21. The third-order valence-corrected chi connectivity index (χ3v) is 4.58. The molecule has 0 unspecified atom stereocenters. The largest absolute Gasteiger partial charge is 0.493 e. The number of methoxy groups -OCH3 is 3. The van der Waals surface area contributed by atoms with Crippen molar-refractivity contribution in [1.29, 1.82) is 5.26 Å². The highest BCUT2D eigenvalue weighted by Crippen LogP contribution is 2.37. The molecule has 1 N–H and O–H groups in total. The molecule has 0 aliphatic rings. The fraction of sp³-hybridized carbons (Fsp3) is 0.267. The molecule has 0 saturated heterocycles. The summed E-state index contributed by atoms with van der Waals surface area (Å²) in [7, 11) is 4.65. The van der Waals surface area contributed by atoms with E-state index in [2.05, 4.69) is 21.0 Å². The number of anilines is 1. The molecule has 1 aromatic heterocycles. The van der Waals surface area contributed by atoms with Gasteiger partial charge in [0.2, 0.25) is 5.75 Å². The van der Waals surface area contributed by atoms with E-state index in [-0.39, 0.29) is 0 Å². The third kappa shape index (κ3) is 3.72. The molecule has 1 aromatic carbocycles. The number of hydrogen-bond donors (Lipinski definition) is 1. The first-order valence-electron chi connectivity index (χ1n) is 6.71. The van der Waals surface area contributed by atoms with Crippen LogP contribution < -0.4 is 19.6 Å². The number of nitriles is 1. The van der Waals surface area contributed by atoms with E-state index >= 15 is 0 Å². The van der Waals surface area contributed by atoms with Gasteiger partial charge in [0.05, 0.1) is 27.5 Å². The first-order chi connectivity index (χ1) is 11.7. The molecule has 1 heterocycles. The molecule has 24 heavy (non-hydrogen) atoms. The summed E-state index contributed by atoms with van der Waals surface area (Å²) in [6, 6.07) is 5.68. The highest BCUT2D eigenvalue weighted by Gasteiger charge is 2.13. The van der Waals surface area contributed by atoms with E-state index in [1.807, 2.05) is 6.26 Å². The second kappa shape index (κ2) is 8.42. The normalized spacial score (nSPS) is 10.5. The summed E-state index contributed by atoms with van der Waals surface area (Å²) in [5.74, 6) is 1.60. The molecule has 2 rings (SSSR count). The van der Waals surface area contributed by atoms with Crippen molar-refractivity contribution in [3.63, 3.8) is 0 Å². The molecular formula is C15H16N4O3S2. The van der Waals surface area contributed by atoms with Gasteiger partial charge in [-0.15, -0.1) is 11.8 Å². The molecular weight excluding hydrogens is 348 g/mol. The summed E-state index contributed by atoms with van der Waals surface area (Å²) in [5, 5.41) is 14.6. The van der Waals surface area contributed by atoms with Gasteiger partial charge in [0.1, 0.15) is 21.7 Å². The van der Waals surface area contributed by atoms with E-state index in [4.69, 9.17) is 14.2 Å². The molecule has 0 atom stereocenters. The lowest BCUT2D eigenvalue weighted by atomic mass is 10.2. The van der Waals surface area contributed by atoms with E-state index in [0.717, 1.165) is 5.56 Å². The maximum absolute atomic E-state index is 9.19. The Bertz CT molecular complexity index is 759. The van der Waals surface area contributed by atoms with Gasteiger partial charge in [-0.05, 0) is 29.9 Å². The second-order valence-electron chi connectivity index (χ2n) is 4.34. The van der Waals surface area contributed by atoms with Crippen LogP contribution in [0, 0.1) is 11.3 Å². The highest BCUT2D eigenvalue weighted by atomic mass is 32.2. The summed E-state index contributed by atoms with van der Waals surface area (Å²) < 4.78 is 20.1. The van der Waals surface area contributed by atoms with Crippen molar-refractivity contribution >= 4 is 34.5 Å². The summed E-state index contributed by atoms with van der Waals surface area (Å²) in [6.07, 6.45) is 3.48. The Morgan fingerprint density at radius 2 is 1.92 bits per heavy atom. The number of rotatable bonds is 7. The minimum absolute atomic E-state index is 0.495. The zero-order chi connectivity index (χ0) is 17.5. The molecule has 0 bridgehead atoms. The maximum atomic E-state index is 9.19. The smallest absolute Gasteiger partial charge is 0.203 e. The standard InChI is InChI=1S/C15H16N4O3S2/c1-20-11-5-9(6-12(21-2)13(11)22-3)8-17-18-14-10(7-16)15(23-4)19-24-14/h5-6,8,18H,1-4H3/b17-8-. The van der Waals surface area contributed by atoms with Gasteiger partial charge in [-0.2, -0.15) is 14.7 Å². The van der Waals surface area contributed by atoms with Gasteiger partial charge in [-0.3, -0.25) is 5.43 Å². The van der Waals surface area contributed by atoms with Crippen LogP contribution in [0.1, 0.15) is 11.1 Å². The van der Waals surface area contributed by atoms with Crippen molar-refractivity contribution in [3.05, 3.63) is 23.3 Å². The number of nitrogens with one attached hydrogen (secondary N) is 1. The molecule has 0 spiro atoms. The number of hydrogen-bond acceptors (Lipinski definition) is 9. The van der Waals surface area contributed by atoms with Crippen LogP contribution in [0.2, 0.25) is 0 Å². The SMILES string of the molecule is COc1cc(/C=N\Nc2snc(SC)c2C#N)cc(OC)c1OC. The average Bonchev–Trinajstić information content (AvgIpc) is 3.02.